The molecule has 9 nitrogen and oxygen atoms in total. The number of anilines is 2. The lowest BCUT2D eigenvalue weighted by atomic mass is 10.1. The topological polar surface area (TPSA) is 114 Å². The first kappa shape index (κ1) is 24.1. The maximum atomic E-state index is 12.9. The molecule has 4 rings (SSSR count). The number of nitrogens with zero attached hydrogens (tertiary/aromatic N) is 1. The highest BCUT2D eigenvalue weighted by atomic mass is 32.2. The van der Waals surface area contributed by atoms with Crippen LogP contribution in [0.3, 0.4) is 0 Å². The number of amides is 2. The maximum absolute atomic E-state index is 12.9. The van der Waals surface area contributed by atoms with Crippen LogP contribution in [0.15, 0.2) is 66.7 Å². The fraction of sp³-hybridized carbons (Fsp3) is 0.200. The second kappa shape index (κ2) is 10.1. The van der Waals surface area contributed by atoms with Crippen molar-refractivity contribution >= 4 is 33.2 Å². The van der Waals surface area contributed by atoms with Crippen molar-refractivity contribution in [1.29, 1.82) is 0 Å². The van der Waals surface area contributed by atoms with E-state index in [1.54, 1.807) is 67.6 Å². The number of carbonyl (C=O) groups excluding carboxylic acids is 2. The largest absolute Gasteiger partial charge is 0.454 e. The molecule has 1 aliphatic heterocycles. The van der Waals surface area contributed by atoms with Crippen molar-refractivity contribution in [3.63, 3.8) is 0 Å². The summed E-state index contributed by atoms with van der Waals surface area (Å²) in [5.74, 6) is 0.308. The number of hydrogen-bond acceptors (Lipinski definition) is 6. The standard InChI is InChI=1S/C25H25N3O6S/c1-17-7-3-6-10-21(17)28(35(2,31)32)15-24(29)27-20-9-5-4-8-19(20)25(30)26-14-18-11-12-22-23(13-18)34-16-33-22/h3-13H,14-16H2,1-2H3,(H,26,30)(H,27,29). The van der Waals surface area contributed by atoms with E-state index in [1.165, 1.54) is 0 Å². The number of rotatable bonds is 8. The number of hydrogen-bond donors (Lipinski definition) is 2. The summed E-state index contributed by atoms with van der Waals surface area (Å²) in [6, 6.07) is 18.8. The second-order valence-corrected chi connectivity index (χ2v) is 9.93. The third kappa shape index (κ3) is 5.72. The normalized spacial score (nSPS) is 12.2. The molecule has 0 saturated heterocycles. The Bertz CT molecular complexity index is 1370. The molecule has 35 heavy (non-hydrogen) atoms. The number of sulfonamides is 1. The number of carbonyl (C=O) groups is 2. The Kier molecular flexibility index (Phi) is 6.92. The Labute approximate surface area is 203 Å². The lowest BCUT2D eigenvalue weighted by Crippen LogP contribution is -2.38. The van der Waals surface area contributed by atoms with E-state index in [1.807, 2.05) is 6.07 Å². The Hall–Kier alpha value is -4.05. The lowest BCUT2D eigenvalue weighted by molar-refractivity contribution is -0.114. The van der Waals surface area contributed by atoms with Crippen LogP contribution in [0.4, 0.5) is 11.4 Å². The summed E-state index contributed by atoms with van der Waals surface area (Å²) in [4.78, 5) is 25.7. The van der Waals surface area contributed by atoms with E-state index in [2.05, 4.69) is 10.6 Å². The van der Waals surface area contributed by atoms with Gasteiger partial charge in [-0.25, -0.2) is 8.42 Å². The fourth-order valence-electron chi connectivity index (χ4n) is 3.66. The molecule has 0 aliphatic carbocycles. The Morgan fingerprint density at radius 1 is 0.971 bits per heavy atom. The molecule has 3 aromatic carbocycles. The van der Waals surface area contributed by atoms with E-state index in [0.717, 1.165) is 16.1 Å². The van der Waals surface area contributed by atoms with Crippen LogP contribution in [-0.2, 0) is 21.4 Å². The molecule has 0 spiro atoms. The lowest BCUT2D eigenvalue weighted by Gasteiger charge is -2.23. The van der Waals surface area contributed by atoms with Crippen LogP contribution in [0, 0.1) is 6.92 Å². The fourth-order valence-corrected chi connectivity index (χ4v) is 4.58. The zero-order valence-corrected chi connectivity index (χ0v) is 20.1. The number of benzene rings is 3. The molecule has 2 amide bonds. The molecule has 0 fully saturated rings. The van der Waals surface area contributed by atoms with Crippen LogP contribution in [0.2, 0.25) is 0 Å². The summed E-state index contributed by atoms with van der Waals surface area (Å²) >= 11 is 0. The zero-order valence-electron chi connectivity index (χ0n) is 19.3. The van der Waals surface area contributed by atoms with Crippen molar-refractivity contribution in [2.45, 2.75) is 13.5 Å². The van der Waals surface area contributed by atoms with Crippen LogP contribution < -0.4 is 24.4 Å². The van der Waals surface area contributed by atoms with E-state index in [0.29, 0.717) is 22.7 Å². The summed E-state index contributed by atoms with van der Waals surface area (Å²) in [5, 5.41) is 5.50. The van der Waals surface area contributed by atoms with Crippen LogP contribution in [0.1, 0.15) is 21.5 Å². The van der Waals surface area contributed by atoms with E-state index in [9.17, 15) is 18.0 Å². The Morgan fingerprint density at radius 3 is 2.46 bits per heavy atom. The minimum atomic E-state index is -3.72. The molecule has 1 heterocycles. The number of fused-ring (bicyclic) bond motifs is 1. The average Bonchev–Trinajstić information content (AvgIpc) is 3.29. The molecular weight excluding hydrogens is 470 g/mol. The number of ether oxygens (including phenoxy) is 2. The van der Waals surface area contributed by atoms with Gasteiger partial charge in [0, 0.05) is 6.54 Å². The summed E-state index contributed by atoms with van der Waals surface area (Å²) < 4.78 is 36.5. The van der Waals surface area contributed by atoms with Gasteiger partial charge in [-0.15, -0.1) is 0 Å². The summed E-state index contributed by atoms with van der Waals surface area (Å²) in [7, 11) is -3.72. The molecular formula is C25H25N3O6S. The van der Waals surface area contributed by atoms with Crippen LogP contribution >= 0.6 is 0 Å². The van der Waals surface area contributed by atoms with Crippen molar-refractivity contribution < 1.29 is 27.5 Å². The van der Waals surface area contributed by atoms with Crippen molar-refractivity contribution in [3.05, 3.63) is 83.4 Å². The van der Waals surface area contributed by atoms with Gasteiger partial charge in [0.05, 0.1) is 23.2 Å². The van der Waals surface area contributed by atoms with Gasteiger partial charge in [0.25, 0.3) is 5.91 Å². The van der Waals surface area contributed by atoms with Crippen molar-refractivity contribution in [3.8, 4) is 11.5 Å². The molecule has 1 aliphatic rings. The quantitative estimate of drug-likeness (QED) is 0.497. The minimum absolute atomic E-state index is 0.165. The van der Waals surface area contributed by atoms with Crippen LogP contribution in [0.5, 0.6) is 11.5 Å². The number of para-hydroxylation sites is 2. The highest BCUT2D eigenvalue weighted by Gasteiger charge is 2.23. The van der Waals surface area contributed by atoms with Gasteiger partial charge in [-0.05, 0) is 48.4 Å². The van der Waals surface area contributed by atoms with Gasteiger partial charge in [0.2, 0.25) is 22.7 Å². The first-order chi connectivity index (χ1) is 16.7. The van der Waals surface area contributed by atoms with E-state index < -0.39 is 28.4 Å². The van der Waals surface area contributed by atoms with E-state index in [-0.39, 0.29) is 24.6 Å². The van der Waals surface area contributed by atoms with Gasteiger partial charge < -0.3 is 20.1 Å². The maximum Gasteiger partial charge on any atom is 0.253 e. The molecule has 10 heteroatoms. The van der Waals surface area contributed by atoms with Crippen molar-refractivity contribution in [2.24, 2.45) is 0 Å². The van der Waals surface area contributed by atoms with Crippen LogP contribution in [0.25, 0.3) is 0 Å². The molecule has 182 valence electrons. The molecule has 3 aromatic rings. The molecule has 0 saturated carbocycles. The Balaban J connectivity index is 1.46. The van der Waals surface area contributed by atoms with Crippen LogP contribution in [-0.4, -0.2) is 39.8 Å². The highest BCUT2D eigenvalue weighted by Crippen LogP contribution is 2.32. The monoisotopic (exact) mass is 495 g/mol. The number of nitrogens with one attached hydrogen (secondary N) is 2. The SMILES string of the molecule is Cc1ccccc1N(CC(=O)Nc1ccccc1C(=O)NCc1ccc2c(c1)OCO2)S(C)(=O)=O. The predicted molar refractivity (Wildman–Crippen MR) is 132 cm³/mol. The third-order valence-electron chi connectivity index (χ3n) is 5.41. The van der Waals surface area contributed by atoms with E-state index >= 15 is 0 Å². The molecule has 0 atom stereocenters. The van der Waals surface area contributed by atoms with Crippen molar-refractivity contribution in [1.82, 2.24) is 5.32 Å². The van der Waals surface area contributed by atoms with Crippen molar-refractivity contribution in [2.75, 3.05) is 29.2 Å². The third-order valence-corrected chi connectivity index (χ3v) is 6.53. The molecule has 2 N–H and O–H groups in total. The summed E-state index contributed by atoms with van der Waals surface area (Å²) in [5.41, 5.74) is 2.49. The minimum Gasteiger partial charge on any atom is -0.454 e. The highest BCUT2D eigenvalue weighted by molar-refractivity contribution is 7.92. The van der Waals surface area contributed by atoms with Gasteiger partial charge in [0.1, 0.15) is 6.54 Å². The molecule has 0 bridgehead atoms. The average molecular weight is 496 g/mol. The van der Waals surface area contributed by atoms with E-state index in [4.69, 9.17) is 9.47 Å². The first-order valence-electron chi connectivity index (χ1n) is 10.8. The summed E-state index contributed by atoms with van der Waals surface area (Å²) in [6.07, 6.45) is 1.05. The predicted octanol–water partition coefficient (Wildman–Crippen LogP) is 3.06. The summed E-state index contributed by atoms with van der Waals surface area (Å²) in [6.45, 7) is 1.74. The second-order valence-electron chi connectivity index (χ2n) is 8.02. The van der Waals surface area contributed by atoms with Gasteiger partial charge in [-0.2, -0.15) is 0 Å². The van der Waals surface area contributed by atoms with Gasteiger partial charge in [0.15, 0.2) is 11.5 Å². The first-order valence-corrected chi connectivity index (χ1v) is 12.7. The molecule has 0 unspecified atom stereocenters. The molecule has 0 radical (unpaired) electrons. The smallest absolute Gasteiger partial charge is 0.253 e. The zero-order chi connectivity index (χ0) is 25.0. The number of aryl methyl sites for hydroxylation is 1. The van der Waals surface area contributed by atoms with Gasteiger partial charge in [-0.3, -0.25) is 13.9 Å². The molecule has 0 aromatic heterocycles. The van der Waals surface area contributed by atoms with Gasteiger partial charge >= 0.3 is 0 Å². The Morgan fingerprint density at radius 2 is 1.69 bits per heavy atom. The van der Waals surface area contributed by atoms with Gasteiger partial charge in [-0.1, -0.05) is 36.4 Å².